The van der Waals surface area contributed by atoms with Crippen molar-refractivity contribution in [2.24, 2.45) is 11.7 Å². The maximum atomic E-state index is 12.1. The summed E-state index contributed by atoms with van der Waals surface area (Å²) in [5, 5.41) is 23.3. The van der Waals surface area contributed by atoms with Crippen LogP contribution in [0.1, 0.15) is 55.2 Å². The van der Waals surface area contributed by atoms with Crippen LogP contribution in [-0.2, 0) is 11.8 Å². The van der Waals surface area contributed by atoms with Gasteiger partial charge in [0.2, 0.25) is 0 Å². The van der Waals surface area contributed by atoms with Crippen molar-refractivity contribution in [3.05, 3.63) is 41.0 Å². The Morgan fingerprint density at radius 3 is 2.81 bits per heavy atom. The Balaban J connectivity index is 1.70. The van der Waals surface area contributed by atoms with Crippen molar-refractivity contribution in [1.29, 1.82) is 0 Å². The van der Waals surface area contributed by atoms with Crippen LogP contribution >= 0.6 is 12.2 Å². The Morgan fingerprint density at radius 1 is 1.33 bits per heavy atom. The third-order valence-corrected chi connectivity index (χ3v) is 7.89. The second-order valence-corrected chi connectivity index (χ2v) is 9.64. The van der Waals surface area contributed by atoms with Crippen LogP contribution in [0.15, 0.2) is 24.3 Å². The summed E-state index contributed by atoms with van der Waals surface area (Å²) in [5.41, 5.74) is 8.27. The molecule has 1 aliphatic heterocycles. The van der Waals surface area contributed by atoms with Crippen LogP contribution in [-0.4, -0.2) is 44.8 Å². The van der Waals surface area contributed by atoms with Gasteiger partial charge in [0.15, 0.2) is 0 Å². The number of piperidine rings is 1. The van der Waals surface area contributed by atoms with Crippen LogP contribution in [0.3, 0.4) is 0 Å². The number of nitrogens with two attached hydrogens (primary N) is 1. The first-order valence-electron chi connectivity index (χ1n) is 10.1. The molecule has 2 saturated carbocycles. The molecular weight excluding hydrogens is 356 g/mol. The SMILES string of the molecule is C=C1CC[C@@]2(O)[C@H]3Cc4ccc(C(N)=S)c(O)c4[C@@]2(CCN3CC2CC2)C1. The van der Waals surface area contributed by atoms with E-state index in [9.17, 15) is 10.2 Å². The van der Waals surface area contributed by atoms with Crippen molar-refractivity contribution < 1.29 is 10.2 Å². The fourth-order valence-electron chi connectivity index (χ4n) is 6.18. The van der Waals surface area contributed by atoms with Gasteiger partial charge in [-0.05, 0) is 69.0 Å². The lowest BCUT2D eigenvalue weighted by atomic mass is 9.48. The molecule has 4 aliphatic rings. The van der Waals surface area contributed by atoms with Crippen LogP contribution in [0.4, 0.5) is 0 Å². The van der Waals surface area contributed by atoms with E-state index in [-0.39, 0.29) is 16.8 Å². The summed E-state index contributed by atoms with van der Waals surface area (Å²) in [7, 11) is 0. The van der Waals surface area contributed by atoms with E-state index in [0.717, 1.165) is 55.8 Å². The molecule has 5 heteroatoms. The standard InChI is InChI=1S/C22H28N2O2S/c1-13-6-7-22(26)17-10-15-4-5-16(20(23)27)19(25)18(15)21(22,11-13)8-9-24(17)12-14-2-3-14/h4-5,14,17,25-26H,1-3,6-12H2,(H2,23,27)/t17-,21-,22-/m1/s1. The second-order valence-electron chi connectivity index (χ2n) is 9.20. The van der Waals surface area contributed by atoms with Gasteiger partial charge in [0.05, 0.1) is 11.2 Å². The zero-order valence-corrected chi connectivity index (χ0v) is 16.5. The molecule has 144 valence electrons. The van der Waals surface area contributed by atoms with E-state index >= 15 is 0 Å². The smallest absolute Gasteiger partial charge is 0.129 e. The fourth-order valence-corrected chi connectivity index (χ4v) is 6.34. The van der Waals surface area contributed by atoms with Gasteiger partial charge in [0.25, 0.3) is 0 Å². The number of aromatic hydroxyl groups is 1. The van der Waals surface area contributed by atoms with Gasteiger partial charge < -0.3 is 15.9 Å². The molecule has 1 heterocycles. The maximum absolute atomic E-state index is 12.1. The number of fused-ring (bicyclic) bond motifs is 1. The van der Waals surface area contributed by atoms with Crippen molar-refractivity contribution in [3.63, 3.8) is 0 Å². The van der Waals surface area contributed by atoms with Gasteiger partial charge in [0.1, 0.15) is 10.7 Å². The van der Waals surface area contributed by atoms with E-state index in [1.165, 1.54) is 18.4 Å². The molecule has 0 aromatic heterocycles. The van der Waals surface area contributed by atoms with Crippen molar-refractivity contribution >= 4 is 17.2 Å². The summed E-state index contributed by atoms with van der Waals surface area (Å²) in [6.07, 6.45) is 6.56. The largest absolute Gasteiger partial charge is 0.507 e. The van der Waals surface area contributed by atoms with Crippen molar-refractivity contribution in [2.75, 3.05) is 13.1 Å². The molecule has 0 amide bonds. The first-order chi connectivity index (χ1) is 12.9. The first kappa shape index (κ1) is 17.7. The zero-order chi connectivity index (χ0) is 19.0. The molecule has 3 fully saturated rings. The number of rotatable bonds is 3. The number of allylic oxidation sites excluding steroid dienone is 1. The zero-order valence-electron chi connectivity index (χ0n) is 15.7. The van der Waals surface area contributed by atoms with Gasteiger partial charge in [-0.1, -0.05) is 30.4 Å². The highest BCUT2D eigenvalue weighted by Crippen LogP contribution is 2.61. The Labute approximate surface area is 166 Å². The number of hydrogen-bond acceptors (Lipinski definition) is 4. The van der Waals surface area contributed by atoms with Gasteiger partial charge in [-0.25, -0.2) is 0 Å². The van der Waals surface area contributed by atoms with Crippen LogP contribution in [0, 0.1) is 5.92 Å². The molecule has 0 unspecified atom stereocenters. The van der Waals surface area contributed by atoms with Gasteiger partial charge in [-0.2, -0.15) is 0 Å². The molecule has 1 saturated heterocycles. The molecule has 27 heavy (non-hydrogen) atoms. The first-order valence-corrected chi connectivity index (χ1v) is 10.5. The molecule has 3 atom stereocenters. The van der Waals surface area contributed by atoms with E-state index in [1.807, 2.05) is 6.07 Å². The quantitative estimate of drug-likeness (QED) is 0.552. The Hall–Kier alpha value is -1.43. The molecule has 0 spiro atoms. The predicted octanol–water partition coefficient (Wildman–Crippen LogP) is 2.78. The molecule has 1 aromatic carbocycles. The summed E-state index contributed by atoms with van der Waals surface area (Å²) < 4.78 is 0. The van der Waals surface area contributed by atoms with Crippen molar-refractivity contribution in [2.45, 2.75) is 62.0 Å². The van der Waals surface area contributed by atoms with Crippen LogP contribution in [0.5, 0.6) is 5.75 Å². The Morgan fingerprint density at radius 2 is 2.11 bits per heavy atom. The lowest BCUT2D eigenvalue weighted by Crippen LogP contribution is -2.72. The minimum Gasteiger partial charge on any atom is -0.507 e. The number of phenols is 1. The van der Waals surface area contributed by atoms with E-state index in [1.54, 1.807) is 0 Å². The maximum Gasteiger partial charge on any atom is 0.129 e. The number of aliphatic hydroxyl groups is 1. The van der Waals surface area contributed by atoms with E-state index in [4.69, 9.17) is 18.0 Å². The number of likely N-dealkylation sites (tertiary alicyclic amines) is 1. The average Bonchev–Trinajstić information content (AvgIpc) is 3.42. The third-order valence-electron chi connectivity index (χ3n) is 7.67. The average molecular weight is 385 g/mol. The van der Waals surface area contributed by atoms with Gasteiger partial charge in [-0.3, -0.25) is 4.90 Å². The van der Waals surface area contributed by atoms with Crippen LogP contribution in [0.2, 0.25) is 0 Å². The number of phenolic OH excluding ortho intramolecular Hbond substituents is 1. The molecular formula is C22H28N2O2S. The minimum atomic E-state index is -0.833. The summed E-state index contributed by atoms with van der Waals surface area (Å²) >= 11 is 5.16. The lowest BCUT2D eigenvalue weighted by Gasteiger charge is -2.64. The molecule has 3 aliphatic carbocycles. The van der Waals surface area contributed by atoms with E-state index in [0.29, 0.717) is 12.0 Å². The molecule has 5 rings (SSSR count). The predicted molar refractivity (Wildman–Crippen MR) is 110 cm³/mol. The van der Waals surface area contributed by atoms with Gasteiger partial charge in [0, 0.05) is 23.6 Å². The molecule has 0 radical (unpaired) electrons. The summed E-state index contributed by atoms with van der Waals surface area (Å²) in [4.78, 5) is 2.74. The minimum absolute atomic E-state index is 0.113. The second kappa shape index (κ2) is 5.79. The van der Waals surface area contributed by atoms with Crippen LogP contribution < -0.4 is 5.73 Å². The highest BCUT2D eigenvalue weighted by atomic mass is 32.1. The monoisotopic (exact) mass is 384 g/mol. The highest BCUT2D eigenvalue weighted by Gasteiger charge is 2.64. The Bertz CT molecular complexity index is 849. The van der Waals surface area contributed by atoms with Crippen molar-refractivity contribution in [3.8, 4) is 5.75 Å². The number of thiocarbonyl (C=S) groups is 1. The summed E-state index contributed by atoms with van der Waals surface area (Å²) in [6, 6.07) is 4.02. The summed E-state index contributed by atoms with van der Waals surface area (Å²) in [5.74, 6) is 0.980. The third kappa shape index (κ3) is 2.38. The number of hydrogen-bond donors (Lipinski definition) is 3. The van der Waals surface area contributed by atoms with E-state index < -0.39 is 11.0 Å². The van der Waals surface area contributed by atoms with Gasteiger partial charge in [-0.15, -0.1) is 0 Å². The summed E-state index contributed by atoms with van der Waals surface area (Å²) in [6.45, 7) is 6.32. The Kier molecular flexibility index (Phi) is 3.78. The number of benzene rings is 1. The van der Waals surface area contributed by atoms with Crippen molar-refractivity contribution in [1.82, 2.24) is 4.90 Å². The topological polar surface area (TPSA) is 69.7 Å². The molecule has 4 nitrogen and oxygen atoms in total. The number of nitrogens with zero attached hydrogens (tertiary/aromatic N) is 1. The molecule has 4 N–H and O–H groups in total. The normalized spacial score (nSPS) is 35.4. The van der Waals surface area contributed by atoms with Crippen LogP contribution in [0.25, 0.3) is 0 Å². The highest BCUT2D eigenvalue weighted by molar-refractivity contribution is 7.80. The molecule has 2 bridgehead atoms. The molecule has 1 aromatic rings. The van der Waals surface area contributed by atoms with E-state index in [2.05, 4.69) is 17.5 Å². The fraction of sp³-hybridized carbons (Fsp3) is 0.591. The lowest BCUT2D eigenvalue weighted by molar-refractivity contribution is -0.159. The van der Waals surface area contributed by atoms with Gasteiger partial charge >= 0.3 is 0 Å².